The van der Waals surface area contributed by atoms with Gasteiger partial charge >= 0.3 is 0 Å². The fourth-order valence-electron chi connectivity index (χ4n) is 2.88. The van der Waals surface area contributed by atoms with Gasteiger partial charge in [0.1, 0.15) is 6.23 Å². The minimum Gasteiger partial charge on any atom is -0.358 e. The minimum atomic E-state index is -0.0137. The van der Waals surface area contributed by atoms with Crippen molar-refractivity contribution < 1.29 is 9.53 Å². The van der Waals surface area contributed by atoms with Crippen LogP contribution in [0.4, 0.5) is 0 Å². The van der Waals surface area contributed by atoms with Gasteiger partial charge in [-0.1, -0.05) is 19.8 Å². The Labute approximate surface area is 85.2 Å². The van der Waals surface area contributed by atoms with Crippen molar-refractivity contribution >= 4 is 5.91 Å². The van der Waals surface area contributed by atoms with Crippen LogP contribution in [0.25, 0.3) is 0 Å². The molecule has 2 fully saturated rings. The largest absolute Gasteiger partial charge is 0.358 e. The van der Waals surface area contributed by atoms with Crippen molar-refractivity contribution in [3.05, 3.63) is 0 Å². The molecule has 2 rings (SSSR count). The molecule has 80 valence electrons. The summed E-state index contributed by atoms with van der Waals surface area (Å²) in [5.74, 6) is 2.00. The topological polar surface area (TPSA) is 38.3 Å². The van der Waals surface area contributed by atoms with E-state index >= 15 is 0 Å². The summed E-state index contributed by atoms with van der Waals surface area (Å²) in [6.07, 6.45) is 3.79. The molecule has 1 N–H and O–H groups in total. The van der Waals surface area contributed by atoms with Gasteiger partial charge in [-0.15, -0.1) is 0 Å². The summed E-state index contributed by atoms with van der Waals surface area (Å²) in [5.41, 5.74) is 0. The molecule has 1 aliphatic heterocycles. The van der Waals surface area contributed by atoms with E-state index in [0.717, 1.165) is 12.5 Å². The van der Waals surface area contributed by atoms with Crippen molar-refractivity contribution in [3.8, 4) is 0 Å². The van der Waals surface area contributed by atoms with E-state index in [9.17, 15) is 4.79 Å². The number of amides is 1. The Morgan fingerprint density at radius 3 is 2.86 bits per heavy atom. The molecule has 3 heteroatoms. The van der Waals surface area contributed by atoms with E-state index < -0.39 is 0 Å². The molecule has 14 heavy (non-hydrogen) atoms. The maximum absolute atomic E-state index is 11.0. The second kappa shape index (κ2) is 3.89. The van der Waals surface area contributed by atoms with Crippen LogP contribution in [0.2, 0.25) is 0 Å². The molecule has 0 aromatic carbocycles. The van der Waals surface area contributed by atoms with E-state index in [1.807, 2.05) is 0 Å². The summed E-state index contributed by atoms with van der Waals surface area (Å²) >= 11 is 0. The first-order valence-electron chi connectivity index (χ1n) is 5.57. The fraction of sp³-hybridized carbons (Fsp3) is 0.909. The van der Waals surface area contributed by atoms with Crippen molar-refractivity contribution in [2.24, 2.45) is 17.8 Å². The number of rotatable bonds is 1. The summed E-state index contributed by atoms with van der Waals surface area (Å²) in [4.78, 5) is 11.0. The lowest BCUT2D eigenvalue weighted by Gasteiger charge is -2.32. The number of carbonyl (C=O) groups excluding carboxylic acids is 1. The van der Waals surface area contributed by atoms with E-state index in [1.165, 1.54) is 19.3 Å². The predicted molar refractivity (Wildman–Crippen MR) is 53.6 cm³/mol. The molecule has 1 aliphatic carbocycles. The molecular weight excluding hydrogens is 178 g/mol. The quantitative estimate of drug-likeness (QED) is 0.692. The average Bonchev–Trinajstić information content (AvgIpc) is 2.49. The number of nitrogens with one attached hydrogen (secondary N) is 1. The number of hydrogen-bond donors (Lipinski definition) is 1. The lowest BCUT2D eigenvalue weighted by Crippen LogP contribution is -2.40. The van der Waals surface area contributed by atoms with Crippen LogP contribution >= 0.6 is 0 Å². The SMILES string of the molecule is CC(=O)NC1OCC2C(C)CCCC12. The van der Waals surface area contributed by atoms with Gasteiger partial charge in [-0.05, 0) is 18.3 Å². The van der Waals surface area contributed by atoms with Crippen molar-refractivity contribution in [1.82, 2.24) is 5.32 Å². The molecule has 3 nitrogen and oxygen atoms in total. The first kappa shape index (κ1) is 9.97. The first-order valence-corrected chi connectivity index (χ1v) is 5.57. The van der Waals surface area contributed by atoms with Crippen LogP contribution in [0.1, 0.15) is 33.1 Å². The van der Waals surface area contributed by atoms with Crippen molar-refractivity contribution in [2.75, 3.05) is 6.61 Å². The van der Waals surface area contributed by atoms with Gasteiger partial charge in [-0.2, -0.15) is 0 Å². The molecule has 2 aliphatic rings. The van der Waals surface area contributed by atoms with Crippen molar-refractivity contribution in [1.29, 1.82) is 0 Å². The molecule has 1 saturated heterocycles. The molecule has 1 saturated carbocycles. The summed E-state index contributed by atoms with van der Waals surface area (Å²) in [5, 5.41) is 2.90. The minimum absolute atomic E-state index is 0.0137. The Morgan fingerprint density at radius 1 is 1.36 bits per heavy atom. The van der Waals surface area contributed by atoms with E-state index in [1.54, 1.807) is 6.92 Å². The van der Waals surface area contributed by atoms with Crippen LogP contribution in [0.5, 0.6) is 0 Å². The Kier molecular flexibility index (Phi) is 2.77. The lowest BCUT2D eigenvalue weighted by atomic mass is 9.74. The third-order valence-electron chi connectivity index (χ3n) is 3.68. The Balaban J connectivity index is 1.99. The second-order valence-electron chi connectivity index (χ2n) is 4.69. The van der Waals surface area contributed by atoms with Crippen LogP contribution in [-0.4, -0.2) is 18.7 Å². The van der Waals surface area contributed by atoms with Gasteiger partial charge in [0.05, 0.1) is 6.61 Å². The number of fused-ring (bicyclic) bond motifs is 1. The monoisotopic (exact) mass is 197 g/mol. The Hall–Kier alpha value is -0.570. The molecule has 1 amide bonds. The molecule has 1 heterocycles. The zero-order chi connectivity index (χ0) is 10.1. The smallest absolute Gasteiger partial charge is 0.218 e. The molecule has 0 spiro atoms. The van der Waals surface area contributed by atoms with Gasteiger partial charge in [0.25, 0.3) is 0 Å². The van der Waals surface area contributed by atoms with E-state index in [0.29, 0.717) is 11.8 Å². The second-order valence-corrected chi connectivity index (χ2v) is 4.69. The number of carbonyl (C=O) groups is 1. The highest BCUT2D eigenvalue weighted by molar-refractivity contribution is 5.73. The van der Waals surface area contributed by atoms with Crippen LogP contribution in [0.3, 0.4) is 0 Å². The highest BCUT2D eigenvalue weighted by Crippen LogP contribution is 2.41. The zero-order valence-electron chi connectivity index (χ0n) is 8.95. The number of hydrogen-bond acceptors (Lipinski definition) is 2. The standard InChI is InChI=1S/C11H19NO2/c1-7-4-3-5-9-10(7)6-14-11(9)12-8(2)13/h7,9-11H,3-6H2,1-2H3,(H,12,13). The predicted octanol–water partition coefficient (Wildman–Crippen LogP) is 1.53. The maximum Gasteiger partial charge on any atom is 0.218 e. The van der Waals surface area contributed by atoms with Crippen LogP contribution in [-0.2, 0) is 9.53 Å². The van der Waals surface area contributed by atoms with Gasteiger partial charge in [0.15, 0.2) is 0 Å². The third-order valence-corrected chi connectivity index (χ3v) is 3.68. The third kappa shape index (κ3) is 1.78. The maximum atomic E-state index is 11.0. The van der Waals surface area contributed by atoms with Crippen LogP contribution in [0.15, 0.2) is 0 Å². The summed E-state index contributed by atoms with van der Waals surface area (Å²) in [6, 6.07) is 0. The zero-order valence-corrected chi connectivity index (χ0v) is 8.95. The Morgan fingerprint density at radius 2 is 2.14 bits per heavy atom. The Bertz CT molecular complexity index is 229. The summed E-state index contributed by atoms with van der Waals surface area (Å²) in [7, 11) is 0. The molecule has 0 aromatic heterocycles. The molecule has 4 atom stereocenters. The fourth-order valence-corrected chi connectivity index (χ4v) is 2.88. The van der Waals surface area contributed by atoms with Gasteiger partial charge in [0.2, 0.25) is 5.91 Å². The van der Waals surface area contributed by atoms with E-state index in [2.05, 4.69) is 12.2 Å². The molecule has 0 aromatic rings. The molecule has 0 radical (unpaired) electrons. The van der Waals surface area contributed by atoms with Gasteiger partial charge in [-0.25, -0.2) is 0 Å². The molecule has 4 unspecified atom stereocenters. The first-order chi connectivity index (χ1) is 6.68. The van der Waals surface area contributed by atoms with E-state index in [4.69, 9.17) is 4.74 Å². The van der Waals surface area contributed by atoms with Gasteiger partial charge in [-0.3, -0.25) is 4.79 Å². The lowest BCUT2D eigenvalue weighted by molar-refractivity contribution is -0.123. The average molecular weight is 197 g/mol. The van der Waals surface area contributed by atoms with Gasteiger partial charge < -0.3 is 10.1 Å². The highest BCUT2D eigenvalue weighted by Gasteiger charge is 2.42. The van der Waals surface area contributed by atoms with E-state index in [-0.39, 0.29) is 12.1 Å². The van der Waals surface area contributed by atoms with Crippen molar-refractivity contribution in [2.45, 2.75) is 39.3 Å². The normalized spacial score (nSPS) is 41.9. The molecular formula is C11H19NO2. The van der Waals surface area contributed by atoms with Gasteiger partial charge in [0, 0.05) is 12.8 Å². The van der Waals surface area contributed by atoms with Crippen molar-refractivity contribution in [3.63, 3.8) is 0 Å². The van der Waals surface area contributed by atoms with Crippen LogP contribution in [0, 0.1) is 17.8 Å². The van der Waals surface area contributed by atoms with Crippen LogP contribution < -0.4 is 5.32 Å². The highest BCUT2D eigenvalue weighted by atomic mass is 16.5. The summed E-state index contributed by atoms with van der Waals surface area (Å²) < 4.78 is 5.65. The summed E-state index contributed by atoms with van der Waals surface area (Å²) in [6.45, 7) is 4.69. The number of ether oxygens (including phenoxy) is 1. The molecule has 0 bridgehead atoms.